The number of ether oxygens (including phenoxy) is 1. The van der Waals surface area contributed by atoms with Gasteiger partial charge in [0.25, 0.3) is 0 Å². The summed E-state index contributed by atoms with van der Waals surface area (Å²) in [5, 5.41) is 0. The van der Waals surface area contributed by atoms with Crippen molar-refractivity contribution < 1.29 is 14.3 Å². The molecule has 1 aromatic heterocycles. The molecule has 7 heteroatoms. The van der Waals surface area contributed by atoms with Crippen molar-refractivity contribution in [2.24, 2.45) is 5.92 Å². The molecule has 2 heterocycles. The summed E-state index contributed by atoms with van der Waals surface area (Å²) >= 11 is 0. The average Bonchev–Trinajstić information content (AvgIpc) is 3.31. The molecule has 1 aliphatic carbocycles. The van der Waals surface area contributed by atoms with Crippen LogP contribution < -0.4 is 4.90 Å². The molecule has 0 radical (unpaired) electrons. The maximum atomic E-state index is 12.7. The smallest absolute Gasteiger partial charge is 0.360 e. The standard InChI is InChI=1S/C25H34N4O3/c1-4-32-25(31)23-24(27-21-16-18(3)17(2)15-20(21)26-23)29-13-11-28(12-14-29)22(30)10-9-19-7-5-6-8-19/h15-16,19H,4-14H2,1-3H3. The molecule has 0 bridgehead atoms. The normalized spacial score (nSPS) is 17.2. The van der Waals surface area contributed by atoms with E-state index in [1.807, 2.05) is 30.9 Å². The lowest BCUT2D eigenvalue weighted by atomic mass is 10.0. The zero-order chi connectivity index (χ0) is 22.7. The molecule has 0 N–H and O–H groups in total. The maximum Gasteiger partial charge on any atom is 0.360 e. The van der Waals surface area contributed by atoms with Crippen LogP contribution in [0, 0.1) is 19.8 Å². The summed E-state index contributed by atoms with van der Waals surface area (Å²) in [5.74, 6) is 1.08. The molecule has 2 fully saturated rings. The van der Waals surface area contributed by atoms with E-state index in [1.54, 1.807) is 6.92 Å². The Labute approximate surface area is 190 Å². The average molecular weight is 439 g/mol. The number of carbonyl (C=O) groups is 2. The minimum absolute atomic E-state index is 0.248. The lowest BCUT2D eigenvalue weighted by Crippen LogP contribution is -2.49. The monoisotopic (exact) mass is 438 g/mol. The fraction of sp³-hybridized carbons (Fsp3) is 0.600. The summed E-state index contributed by atoms with van der Waals surface area (Å²) in [4.78, 5) is 38.9. The predicted molar refractivity (Wildman–Crippen MR) is 125 cm³/mol. The zero-order valence-corrected chi connectivity index (χ0v) is 19.5. The summed E-state index contributed by atoms with van der Waals surface area (Å²) in [7, 11) is 0. The van der Waals surface area contributed by atoms with Crippen molar-refractivity contribution in [2.45, 2.75) is 59.3 Å². The van der Waals surface area contributed by atoms with Gasteiger partial charge in [-0.15, -0.1) is 0 Å². The Kier molecular flexibility index (Phi) is 6.92. The molecule has 2 aliphatic rings. The van der Waals surface area contributed by atoms with Crippen molar-refractivity contribution in [3.05, 3.63) is 29.0 Å². The molecule has 1 aromatic carbocycles. The fourth-order valence-electron chi connectivity index (χ4n) is 4.81. The minimum atomic E-state index is -0.454. The van der Waals surface area contributed by atoms with Crippen molar-refractivity contribution in [1.82, 2.24) is 14.9 Å². The van der Waals surface area contributed by atoms with Crippen LogP contribution in [-0.4, -0.2) is 59.5 Å². The van der Waals surface area contributed by atoms with E-state index in [0.717, 1.165) is 29.0 Å². The number of nitrogens with zero attached hydrogens (tertiary/aromatic N) is 4. The van der Waals surface area contributed by atoms with Gasteiger partial charge in [0.1, 0.15) is 0 Å². The Morgan fingerprint density at radius 2 is 1.62 bits per heavy atom. The van der Waals surface area contributed by atoms with Gasteiger partial charge in [-0.05, 0) is 56.4 Å². The van der Waals surface area contributed by atoms with E-state index in [0.29, 0.717) is 43.9 Å². The Morgan fingerprint density at radius 3 is 2.25 bits per heavy atom. The molecule has 0 unspecified atom stereocenters. The van der Waals surface area contributed by atoms with Gasteiger partial charge in [0.2, 0.25) is 5.91 Å². The SMILES string of the molecule is CCOC(=O)c1nc2cc(C)c(C)cc2nc1N1CCN(C(=O)CCC2CCCC2)CC1. The highest BCUT2D eigenvalue weighted by atomic mass is 16.5. The first-order valence-electron chi connectivity index (χ1n) is 11.9. The summed E-state index contributed by atoms with van der Waals surface area (Å²) in [6, 6.07) is 3.98. The summed E-state index contributed by atoms with van der Waals surface area (Å²) in [6.45, 7) is 8.68. The number of anilines is 1. The van der Waals surface area contributed by atoms with Gasteiger partial charge in [0.15, 0.2) is 11.5 Å². The van der Waals surface area contributed by atoms with Gasteiger partial charge in [-0.25, -0.2) is 14.8 Å². The Bertz CT molecular complexity index is 992. The third kappa shape index (κ3) is 4.87. The molecule has 1 saturated heterocycles. The topological polar surface area (TPSA) is 75.6 Å². The highest BCUT2D eigenvalue weighted by Gasteiger charge is 2.28. The van der Waals surface area contributed by atoms with Crippen molar-refractivity contribution in [3.8, 4) is 0 Å². The van der Waals surface area contributed by atoms with Gasteiger partial charge in [0, 0.05) is 32.6 Å². The summed E-state index contributed by atoms with van der Waals surface area (Å²) in [6.07, 6.45) is 6.83. The van der Waals surface area contributed by atoms with Crippen LogP contribution in [0.1, 0.15) is 67.1 Å². The number of rotatable bonds is 6. The number of hydrogen-bond acceptors (Lipinski definition) is 6. The first-order chi connectivity index (χ1) is 15.5. The van der Waals surface area contributed by atoms with E-state index in [1.165, 1.54) is 25.7 Å². The highest BCUT2D eigenvalue weighted by Crippen LogP contribution is 2.29. The predicted octanol–water partition coefficient (Wildman–Crippen LogP) is 4.04. The fourth-order valence-corrected chi connectivity index (χ4v) is 4.81. The van der Waals surface area contributed by atoms with Gasteiger partial charge >= 0.3 is 5.97 Å². The lowest BCUT2D eigenvalue weighted by molar-refractivity contribution is -0.131. The number of amides is 1. The third-order valence-corrected chi connectivity index (χ3v) is 6.90. The molecule has 7 nitrogen and oxygen atoms in total. The largest absolute Gasteiger partial charge is 0.461 e. The van der Waals surface area contributed by atoms with Gasteiger partial charge < -0.3 is 14.5 Å². The zero-order valence-electron chi connectivity index (χ0n) is 19.5. The first-order valence-corrected chi connectivity index (χ1v) is 11.9. The van der Waals surface area contributed by atoms with Crippen LogP contribution in [0.2, 0.25) is 0 Å². The number of benzene rings is 1. The highest BCUT2D eigenvalue weighted by molar-refractivity contribution is 5.95. The van der Waals surface area contributed by atoms with Crippen LogP contribution >= 0.6 is 0 Å². The van der Waals surface area contributed by atoms with E-state index in [9.17, 15) is 9.59 Å². The molecular weight excluding hydrogens is 404 g/mol. The van der Waals surface area contributed by atoms with Gasteiger partial charge in [0.05, 0.1) is 17.6 Å². The molecule has 1 amide bonds. The maximum absolute atomic E-state index is 12.7. The van der Waals surface area contributed by atoms with Gasteiger partial charge in [-0.1, -0.05) is 25.7 Å². The second-order valence-corrected chi connectivity index (χ2v) is 9.10. The van der Waals surface area contributed by atoms with Crippen LogP contribution in [0.15, 0.2) is 12.1 Å². The van der Waals surface area contributed by atoms with Crippen molar-refractivity contribution in [1.29, 1.82) is 0 Å². The van der Waals surface area contributed by atoms with Crippen LogP contribution in [0.3, 0.4) is 0 Å². The van der Waals surface area contributed by atoms with Crippen LogP contribution in [0.4, 0.5) is 5.82 Å². The molecular formula is C25H34N4O3. The third-order valence-electron chi connectivity index (χ3n) is 6.90. The summed E-state index contributed by atoms with van der Waals surface area (Å²) < 4.78 is 5.27. The second-order valence-electron chi connectivity index (χ2n) is 9.10. The second kappa shape index (κ2) is 9.84. The van der Waals surface area contributed by atoms with E-state index in [-0.39, 0.29) is 18.2 Å². The molecule has 1 saturated carbocycles. The number of fused-ring (bicyclic) bond motifs is 1. The van der Waals surface area contributed by atoms with E-state index >= 15 is 0 Å². The number of piperazine rings is 1. The van der Waals surface area contributed by atoms with Gasteiger partial charge in [-0.3, -0.25) is 4.79 Å². The number of hydrogen-bond donors (Lipinski definition) is 0. The Hall–Kier alpha value is -2.70. The summed E-state index contributed by atoms with van der Waals surface area (Å²) in [5.41, 5.74) is 3.97. The number of aryl methyl sites for hydroxylation is 2. The van der Waals surface area contributed by atoms with E-state index < -0.39 is 5.97 Å². The molecule has 1 aliphatic heterocycles. The number of aromatic nitrogens is 2. The number of carbonyl (C=O) groups excluding carboxylic acids is 2. The van der Waals surface area contributed by atoms with Gasteiger partial charge in [-0.2, -0.15) is 0 Å². The Balaban J connectivity index is 1.49. The quantitative estimate of drug-likeness (QED) is 0.634. The van der Waals surface area contributed by atoms with Crippen molar-refractivity contribution >= 4 is 28.7 Å². The van der Waals surface area contributed by atoms with Crippen molar-refractivity contribution in [2.75, 3.05) is 37.7 Å². The van der Waals surface area contributed by atoms with Crippen LogP contribution in [0.5, 0.6) is 0 Å². The van der Waals surface area contributed by atoms with E-state index in [2.05, 4.69) is 9.88 Å². The molecule has 172 valence electrons. The van der Waals surface area contributed by atoms with Crippen molar-refractivity contribution in [3.63, 3.8) is 0 Å². The van der Waals surface area contributed by atoms with Crippen LogP contribution in [0.25, 0.3) is 11.0 Å². The number of esters is 1. The lowest BCUT2D eigenvalue weighted by Gasteiger charge is -2.36. The molecule has 4 rings (SSSR count). The Morgan fingerprint density at radius 1 is 1.00 bits per heavy atom. The van der Waals surface area contributed by atoms with E-state index in [4.69, 9.17) is 9.72 Å². The molecule has 0 atom stereocenters. The first kappa shape index (κ1) is 22.5. The van der Waals surface area contributed by atoms with Crippen LogP contribution in [-0.2, 0) is 9.53 Å². The molecule has 0 spiro atoms. The minimum Gasteiger partial charge on any atom is -0.461 e. The molecule has 2 aromatic rings. The molecule has 32 heavy (non-hydrogen) atoms.